The molecular weight excluding hydrogens is 466 g/mol. The first-order valence-electron chi connectivity index (χ1n) is 11.7. The van der Waals surface area contributed by atoms with Gasteiger partial charge in [0.1, 0.15) is 18.3 Å². The van der Waals surface area contributed by atoms with Crippen molar-refractivity contribution in [3.8, 4) is 5.75 Å². The molecular formula is C26H37N3O5S. The maximum absolute atomic E-state index is 13.6. The molecule has 1 unspecified atom stereocenters. The van der Waals surface area contributed by atoms with Gasteiger partial charge in [-0.1, -0.05) is 31.5 Å². The Bertz CT molecular complexity index is 1100. The molecule has 0 bridgehead atoms. The Balaban J connectivity index is 2.37. The van der Waals surface area contributed by atoms with Gasteiger partial charge in [0.15, 0.2) is 0 Å². The molecule has 0 radical (unpaired) electrons. The maximum Gasteiger partial charge on any atom is 0.244 e. The molecule has 0 saturated heterocycles. The summed E-state index contributed by atoms with van der Waals surface area (Å²) in [6.45, 7) is 7.68. The van der Waals surface area contributed by atoms with Crippen molar-refractivity contribution in [2.75, 3.05) is 30.8 Å². The minimum Gasteiger partial charge on any atom is -0.497 e. The van der Waals surface area contributed by atoms with Crippen molar-refractivity contribution in [1.82, 2.24) is 10.2 Å². The van der Waals surface area contributed by atoms with Crippen LogP contribution >= 0.6 is 0 Å². The third-order valence-electron chi connectivity index (χ3n) is 5.68. The van der Waals surface area contributed by atoms with Gasteiger partial charge in [-0.15, -0.1) is 0 Å². The average molecular weight is 504 g/mol. The summed E-state index contributed by atoms with van der Waals surface area (Å²) >= 11 is 0. The van der Waals surface area contributed by atoms with Gasteiger partial charge in [0.2, 0.25) is 21.8 Å². The Morgan fingerprint density at radius 2 is 1.66 bits per heavy atom. The lowest BCUT2D eigenvalue weighted by Crippen LogP contribution is -2.51. The number of sulfonamides is 1. The quantitative estimate of drug-likeness (QED) is 0.448. The van der Waals surface area contributed by atoms with Gasteiger partial charge in [-0.05, 0) is 68.1 Å². The van der Waals surface area contributed by atoms with E-state index in [1.54, 1.807) is 38.3 Å². The summed E-state index contributed by atoms with van der Waals surface area (Å²) in [4.78, 5) is 27.8. The number of carbonyl (C=O) groups is 2. The van der Waals surface area contributed by atoms with Gasteiger partial charge in [-0.3, -0.25) is 13.9 Å². The van der Waals surface area contributed by atoms with Gasteiger partial charge < -0.3 is 15.0 Å². The SMILES string of the molecule is CCCCNC(=O)C(C)N(Cc1ccc(OC)cc1)C(=O)CN(c1cc(C)cc(C)c1)S(C)(=O)=O. The number of rotatable bonds is 12. The van der Waals surface area contributed by atoms with Gasteiger partial charge in [-0.2, -0.15) is 0 Å². The molecule has 35 heavy (non-hydrogen) atoms. The molecule has 2 amide bonds. The van der Waals surface area contributed by atoms with Crippen LogP contribution in [0.25, 0.3) is 0 Å². The Labute approximate surface area is 209 Å². The number of nitrogens with one attached hydrogen (secondary N) is 1. The molecule has 1 atom stereocenters. The zero-order valence-electron chi connectivity index (χ0n) is 21.5. The van der Waals surface area contributed by atoms with Crippen LogP contribution in [-0.4, -0.2) is 57.6 Å². The van der Waals surface area contributed by atoms with E-state index in [1.807, 2.05) is 39.0 Å². The number of methoxy groups -OCH3 is 1. The van der Waals surface area contributed by atoms with Crippen molar-refractivity contribution in [1.29, 1.82) is 0 Å². The molecule has 0 aliphatic carbocycles. The van der Waals surface area contributed by atoms with Crippen LogP contribution in [0.1, 0.15) is 43.4 Å². The van der Waals surface area contributed by atoms with Crippen LogP contribution in [0.3, 0.4) is 0 Å². The van der Waals surface area contributed by atoms with Crippen LogP contribution in [-0.2, 0) is 26.2 Å². The number of carbonyl (C=O) groups excluding carboxylic acids is 2. The van der Waals surface area contributed by atoms with E-state index in [-0.39, 0.29) is 12.5 Å². The smallest absolute Gasteiger partial charge is 0.244 e. The first kappa shape index (κ1) is 28.2. The maximum atomic E-state index is 13.6. The largest absolute Gasteiger partial charge is 0.497 e. The highest BCUT2D eigenvalue weighted by Gasteiger charge is 2.30. The number of hydrogen-bond donors (Lipinski definition) is 1. The van der Waals surface area contributed by atoms with E-state index >= 15 is 0 Å². The van der Waals surface area contributed by atoms with E-state index in [9.17, 15) is 18.0 Å². The van der Waals surface area contributed by atoms with E-state index in [0.29, 0.717) is 18.0 Å². The Hall–Kier alpha value is -3.07. The first-order valence-corrected chi connectivity index (χ1v) is 13.6. The molecule has 0 aliphatic heterocycles. The van der Waals surface area contributed by atoms with Gasteiger partial charge in [0.05, 0.1) is 19.1 Å². The predicted molar refractivity (Wildman–Crippen MR) is 139 cm³/mol. The molecule has 0 aliphatic rings. The molecule has 192 valence electrons. The lowest BCUT2D eigenvalue weighted by atomic mass is 10.1. The van der Waals surface area contributed by atoms with E-state index in [0.717, 1.165) is 40.1 Å². The molecule has 2 aromatic rings. The second-order valence-electron chi connectivity index (χ2n) is 8.81. The number of ether oxygens (including phenoxy) is 1. The summed E-state index contributed by atoms with van der Waals surface area (Å²) in [7, 11) is -2.19. The second-order valence-corrected chi connectivity index (χ2v) is 10.7. The van der Waals surface area contributed by atoms with Crippen LogP contribution in [0, 0.1) is 13.8 Å². The van der Waals surface area contributed by atoms with E-state index < -0.39 is 28.5 Å². The molecule has 0 heterocycles. The summed E-state index contributed by atoms with van der Waals surface area (Å²) in [5.41, 5.74) is 2.99. The summed E-state index contributed by atoms with van der Waals surface area (Å²) in [6.07, 6.45) is 2.84. The molecule has 0 aromatic heterocycles. The number of anilines is 1. The van der Waals surface area contributed by atoms with Gasteiger partial charge >= 0.3 is 0 Å². The standard InChI is InChI=1S/C26H37N3O5S/c1-7-8-13-27-26(31)21(4)28(17-22-9-11-24(34-5)12-10-22)25(30)18-29(35(6,32)33)23-15-19(2)14-20(3)16-23/h9-12,14-16,21H,7-8,13,17-18H2,1-6H3,(H,27,31). The van der Waals surface area contributed by atoms with Gasteiger partial charge in [0.25, 0.3) is 0 Å². The molecule has 2 aromatic carbocycles. The summed E-state index contributed by atoms with van der Waals surface area (Å²) in [5, 5.41) is 2.87. The average Bonchev–Trinajstić information content (AvgIpc) is 2.79. The van der Waals surface area contributed by atoms with Crippen LogP contribution in [0.15, 0.2) is 42.5 Å². The third-order valence-corrected chi connectivity index (χ3v) is 6.82. The monoisotopic (exact) mass is 503 g/mol. The summed E-state index contributed by atoms with van der Waals surface area (Å²) in [6, 6.07) is 11.8. The van der Waals surface area contributed by atoms with Crippen molar-refractivity contribution in [3.63, 3.8) is 0 Å². The van der Waals surface area contributed by atoms with Crippen LogP contribution < -0.4 is 14.4 Å². The fourth-order valence-corrected chi connectivity index (χ4v) is 4.59. The highest BCUT2D eigenvalue weighted by atomic mass is 32.2. The van der Waals surface area contributed by atoms with Crippen molar-refractivity contribution in [3.05, 3.63) is 59.2 Å². The number of benzene rings is 2. The fraction of sp³-hybridized carbons (Fsp3) is 0.462. The molecule has 9 heteroatoms. The van der Waals surface area contributed by atoms with Gasteiger partial charge in [-0.25, -0.2) is 8.42 Å². The summed E-state index contributed by atoms with van der Waals surface area (Å²) < 4.78 is 31.7. The van der Waals surface area contributed by atoms with E-state index in [4.69, 9.17) is 4.74 Å². The number of nitrogens with zero attached hydrogens (tertiary/aromatic N) is 2. The predicted octanol–water partition coefficient (Wildman–Crippen LogP) is 3.41. The highest BCUT2D eigenvalue weighted by molar-refractivity contribution is 7.92. The lowest BCUT2D eigenvalue weighted by molar-refractivity contribution is -0.139. The second kappa shape index (κ2) is 12.6. The van der Waals surface area contributed by atoms with Crippen molar-refractivity contribution in [2.24, 2.45) is 0 Å². The zero-order chi connectivity index (χ0) is 26.2. The number of aryl methyl sites for hydroxylation is 2. The zero-order valence-corrected chi connectivity index (χ0v) is 22.3. The minimum absolute atomic E-state index is 0.148. The van der Waals surface area contributed by atoms with Crippen LogP contribution in [0.2, 0.25) is 0 Å². The van der Waals surface area contributed by atoms with Crippen molar-refractivity contribution < 1.29 is 22.7 Å². The van der Waals surface area contributed by atoms with Gasteiger partial charge in [0, 0.05) is 13.1 Å². The van der Waals surface area contributed by atoms with Crippen molar-refractivity contribution >= 4 is 27.5 Å². The molecule has 2 rings (SSSR count). The molecule has 1 N–H and O–H groups in total. The molecule has 0 saturated carbocycles. The Morgan fingerprint density at radius 1 is 1.06 bits per heavy atom. The first-order chi connectivity index (χ1) is 16.5. The Morgan fingerprint density at radius 3 is 2.17 bits per heavy atom. The van der Waals surface area contributed by atoms with Crippen LogP contribution in [0.5, 0.6) is 5.75 Å². The molecule has 0 fully saturated rings. The number of hydrogen-bond acceptors (Lipinski definition) is 5. The number of amides is 2. The Kier molecular flexibility index (Phi) is 10.1. The molecule has 8 nitrogen and oxygen atoms in total. The molecule has 0 spiro atoms. The topological polar surface area (TPSA) is 96.0 Å². The highest BCUT2D eigenvalue weighted by Crippen LogP contribution is 2.22. The van der Waals surface area contributed by atoms with Crippen molar-refractivity contribution in [2.45, 2.75) is 53.1 Å². The minimum atomic E-state index is -3.76. The third kappa shape index (κ3) is 8.28. The van der Waals surface area contributed by atoms with E-state index in [2.05, 4.69) is 5.32 Å². The van der Waals surface area contributed by atoms with E-state index in [1.165, 1.54) is 4.90 Å². The summed E-state index contributed by atoms with van der Waals surface area (Å²) in [5.74, 6) is -0.0730. The number of unbranched alkanes of at least 4 members (excludes halogenated alkanes) is 1. The lowest BCUT2D eigenvalue weighted by Gasteiger charge is -2.31. The normalized spacial score (nSPS) is 12.1. The van der Waals surface area contributed by atoms with Crippen LogP contribution in [0.4, 0.5) is 5.69 Å². The fourth-order valence-electron chi connectivity index (χ4n) is 3.75.